The maximum atomic E-state index is 10.7. The van der Waals surface area contributed by atoms with E-state index in [0.717, 1.165) is 28.8 Å². The van der Waals surface area contributed by atoms with Gasteiger partial charge in [0.25, 0.3) is 5.89 Å². The number of hydrogen-bond acceptors (Lipinski definition) is 5. The van der Waals surface area contributed by atoms with Crippen LogP contribution >= 0.6 is 11.6 Å². The Morgan fingerprint density at radius 2 is 2.07 bits per heavy atom. The highest BCUT2D eigenvalue weighted by molar-refractivity contribution is 6.31. The van der Waals surface area contributed by atoms with E-state index >= 15 is 0 Å². The zero-order valence-electron chi connectivity index (χ0n) is 16.1. The van der Waals surface area contributed by atoms with E-state index in [2.05, 4.69) is 29.0 Å². The SMILES string of the molecule is Cc1cc(CCC(=O)O)ccc1-c1noc(-c2cnc(CC(C)C)c(Cl)c2)n1. The van der Waals surface area contributed by atoms with Gasteiger partial charge in [0.2, 0.25) is 5.82 Å². The van der Waals surface area contributed by atoms with Gasteiger partial charge >= 0.3 is 5.97 Å². The number of pyridine rings is 1. The third-order valence-electron chi connectivity index (χ3n) is 4.35. The molecule has 1 aromatic carbocycles. The number of nitrogens with zero attached hydrogens (tertiary/aromatic N) is 3. The molecule has 0 aliphatic rings. The van der Waals surface area contributed by atoms with Crippen LogP contribution in [-0.2, 0) is 17.6 Å². The molecule has 0 fully saturated rings. The zero-order valence-corrected chi connectivity index (χ0v) is 16.8. The highest BCUT2D eigenvalue weighted by Gasteiger charge is 2.15. The predicted molar refractivity (Wildman–Crippen MR) is 107 cm³/mol. The second-order valence-corrected chi connectivity index (χ2v) is 7.62. The molecule has 3 aromatic rings. The molecule has 0 atom stereocenters. The van der Waals surface area contributed by atoms with E-state index in [9.17, 15) is 4.79 Å². The van der Waals surface area contributed by atoms with Crippen LogP contribution in [0.3, 0.4) is 0 Å². The average molecular weight is 400 g/mol. The van der Waals surface area contributed by atoms with Crippen molar-refractivity contribution in [3.8, 4) is 22.8 Å². The summed E-state index contributed by atoms with van der Waals surface area (Å²) in [5.41, 5.74) is 4.28. The number of carboxylic acids is 1. The van der Waals surface area contributed by atoms with Crippen molar-refractivity contribution in [3.63, 3.8) is 0 Å². The maximum absolute atomic E-state index is 10.7. The first-order chi connectivity index (χ1) is 13.3. The highest BCUT2D eigenvalue weighted by Crippen LogP contribution is 2.28. The van der Waals surface area contributed by atoms with Crippen molar-refractivity contribution >= 4 is 17.6 Å². The maximum Gasteiger partial charge on any atom is 0.303 e. The second kappa shape index (κ2) is 8.52. The summed E-state index contributed by atoms with van der Waals surface area (Å²) in [4.78, 5) is 19.6. The van der Waals surface area contributed by atoms with E-state index in [1.165, 1.54) is 0 Å². The number of carboxylic acid groups (broad SMARTS) is 1. The van der Waals surface area contributed by atoms with Gasteiger partial charge in [-0.1, -0.05) is 48.8 Å². The summed E-state index contributed by atoms with van der Waals surface area (Å²) in [6.45, 7) is 6.17. The molecule has 6 nitrogen and oxygen atoms in total. The Hall–Kier alpha value is -2.73. The standard InChI is InChI=1S/C21H22ClN3O3/c1-12(2)8-18-17(22)10-15(11-23-18)21-24-20(25-28-21)16-6-4-14(9-13(16)3)5-7-19(26)27/h4,6,9-12H,5,7-8H2,1-3H3,(H,26,27). The normalized spacial score (nSPS) is 11.2. The van der Waals surface area contributed by atoms with Gasteiger partial charge < -0.3 is 9.63 Å². The fourth-order valence-electron chi connectivity index (χ4n) is 2.95. The van der Waals surface area contributed by atoms with Crippen LogP contribution in [0, 0.1) is 12.8 Å². The van der Waals surface area contributed by atoms with Gasteiger partial charge in [0.1, 0.15) is 0 Å². The first kappa shape index (κ1) is 20.0. The van der Waals surface area contributed by atoms with Crippen molar-refractivity contribution in [2.75, 3.05) is 0 Å². The fraction of sp³-hybridized carbons (Fsp3) is 0.333. The van der Waals surface area contributed by atoms with Crippen LogP contribution in [-0.4, -0.2) is 26.2 Å². The molecule has 3 rings (SSSR count). The summed E-state index contributed by atoms with van der Waals surface area (Å²) in [6, 6.07) is 7.53. The lowest BCUT2D eigenvalue weighted by Gasteiger charge is -2.06. The monoisotopic (exact) mass is 399 g/mol. The van der Waals surface area contributed by atoms with Crippen molar-refractivity contribution in [1.29, 1.82) is 0 Å². The minimum Gasteiger partial charge on any atom is -0.481 e. The molecule has 146 valence electrons. The number of hydrogen-bond donors (Lipinski definition) is 1. The van der Waals surface area contributed by atoms with Crippen LogP contribution in [0.4, 0.5) is 0 Å². The molecule has 1 N–H and O–H groups in total. The lowest BCUT2D eigenvalue weighted by Crippen LogP contribution is -1.98. The summed E-state index contributed by atoms with van der Waals surface area (Å²) >= 11 is 6.35. The quantitative estimate of drug-likeness (QED) is 0.602. The van der Waals surface area contributed by atoms with Gasteiger partial charge in [-0.05, 0) is 42.9 Å². The predicted octanol–water partition coefficient (Wildman–Crippen LogP) is 4.98. The average Bonchev–Trinajstić information content (AvgIpc) is 3.11. The van der Waals surface area contributed by atoms with Crippen LogP contribution in [0.2, 0.25) is 5.02 Å². The Labute approximate surface area is 168 Å². The first-order valence-electron chi connectivity index (χ1n) is 9.13. The lowest BCUT2D eigenvalue weighted by atomic mass is 10.0. The molecule has 7 heteroatoms. The van der Waals surface area contributed by atoms with E-state index in [0.29, 0.717) is 34.6 Å². The molecule has 0 saturated heterocycles. The molecule has 2 aromatic heterocycles. The topological polar surface area (TPSA) is 89.1 Å². The smallest absolute Gasteiger partial charge is 0.303 e. The van der Waals surface area contributed by atoms with Crippen LogP contribution in [0.1, 0.15) is 37.1 Å². The Kier molecular flexibility index (Phi) is 6.09. The molecular weight excluding hydrogens is 378 g/mol. The molecule has 28 heavy (non-hydrogen) atoms. The summed E-state index contributed by atoms with van der Waals surface area (Å²) < 4.78 is 5.41. The third kappa shape index (κ3) is 4.75. The number of benzene rings is 1. The molecule has 2 heterocycles. The lowest BCUT2D eigenvalue weighted by molar-refractivity contribution is -0.136. The van der Waals surface area contributed by atoms with Crippen LogP contribution in [0.15, 0.2) is 35.0 Å². The van der Waals surface area contributed by atoms with Crippen LogP contribution in [0.25, 0.3) is 22.8 Å². The number of aryl methyl sites for hydroxylation is 2. The molecule has 0 amide bonds. The fourth-order valence-corrected chi connectivity index (χ4v) is 3.20. The van der Waals surface area contributed by atoms with Gasteiger partial charge in [0, 0.05) is 18.2 Å². The van der Waals surface area contributed by atoms with E-state index in [1.807, 2.05) is 25.1 Å². The van der Waals surface area contributed by atoms with Gasteiger partial charge in [-0.15, -0.1) is 0 Å². The number of carbonyl (C=O) groups is 1. The molecule has 0 unspecified atom stereocenters. The molecule has 0 spiro atoms. The Balaban J connectivity index is 1.82. The summed E-state index contributed by atoms with van der Waals surface area (Å²) in [5.74, 6) is 0.484. The summed E-state index contributed by atoms with van der Waals surface area (Å²) in [6.07, 6.45) is 3.09. The van der Waals surface area contributed by atoms with Crippen LogP contribution in [0.5, 0.6) is 0 Å². The van der Waals surface area contributed by atoms with Crippen molar-refractivity contribution in [2.45, 2.75) is 40.0 Å². The molecule has 0 bridgehead atoms. The first-order valence-corrected chi connectivity index (χ1v) is 9.51. The van der Waals surface area contributed by atoms with Gasteiger partial charge in [0.15, 0.2) is 0 Å². The molecule has 0 aliphatic heterocycles. The van der Waals surface area contributed by atoms with E-state index in [4.69, 9.17) is 21.2 Å². The highest BCUT2D eigenvalue weighted by atomic mass is 35.5. The molecule has 0 saturated carbocycles. The van der Waals surface area contributed by atoms with Crippen molar-refractivity contribution < 1.29 is 14.4 Å². The largest absolute Gasteiger partial charge is 0.481 e. The molecule has 0 radical (unpaired) electrons. The Bertz CT molecular complexity index is 998. The molecule has 0 aliphatic carbocycles. The van der Waals surface area contributed by atoms with Gasteiger partial charge in [-0.25, -0.2) is 0 Å². The second-order valence-electron chi connectivity index (χ2n) is 7.22. The van der Waals surface area contributed by atoms with E-state index in [-0.39, 0.29) is 6.42 Å². The minimum absolute atomic E-state index is 0.103. The van der Waals surface area contributed by atoms with E-state index in [1.54, 1.807) is 12.3 Å². The number of aliphatic carboxylic acids is 1. The van der Waals surface area contributed by atoms with Crippen molar-refractivity contribution in [3.05, 3.63) is 52.3 Å². The Morgan fingerprint density at radius 3 is 2.71 bits per heavy atom. The van der Waals surface area contributed by atoms with Gasteiger partial charge in [0.05, 0.1) is 16.3 Å². The summed E-state index contributed by atoms with van der Waals surface area (Å²) in [5, 5.41) is 13.5. The van der Waals surface area contributed by atoms with E-state index < -0.39 is 5.97 Å². The number of halogens is 1. The van der Waals surface area contributed by atoms with Gasteiger partial charge in [-0.2, -0.15) is 4.98 Å². The summed E-state index contributed by atoms with van der Waals surface area (Å²) in [7, 11) is 0. The molecular formula is C21H22ClN3O3. The van der Waals surface area contributed by atoms with Gasteiger partial charge in [-0.3, -0.25) is 9.78 Å². The van der Waals surface area contributed by atoms with Crippen molar-refractivity contribution in [1.82, 2.24) is 15.1 Å². The third-order valence-corrected chi connectivity index (χ3v) is 4.68. The zero-order chi connectivity index (χ0) is 20.3. The minimum atomic E-state index is -0.809. The Morgan fingerprint density at radius 1 is 1.29 bits per heavy atom. The number of aromatic nitrogens is 3. The van der Waals surface area contributed by atoms with Crippen LogP contribution < -0.4 is 0 Å². The van der Waals surface area contributed by atoms with Crippen molar-refractivity contribution in [2.24, 2.45) is 5.92 Å². The number of rotatable bonds is 7.